The zero-order valence-electron chi connectivity index (χ0n) is 20.0. The molecule has 4 rings (SSSR count). The molecule has 2 amide bonds. The van der Waals surface area contributed by atoms with Crippen molar-refractivity contribution < 1.29 is 18.0 Å². The summed E-state index contributed by atoms with van der Waals surface area (Å²) < 4.78 is 28.8. The Hall–Kier alpha value is -3.17. The zero-order chi connectivity index (χ0) is 25.7. The Balaban J connectivity index is 1.44. The number of likely N-dealkylation sites (tertiary alicyclic amines) is 1. The van der Waals surface area contributed by atoms with Gasteiger partial charge in [0.05, 0.1) is 10.6 Å². The predicted octanol–water partition coefficient (Wildman–Crippen LogP) is 4.39. The Morgan fingerprint density at radius 3 is 2.36 bits per heavy atom. The Morgan fingerprint density at radius 1 is 1.03 bits per heavy atom. The molecule has 1 aliphatic heterocycles. The number of nitrogens with one attached hydrogen (secondary N) is 1. The molecule has 0 spiro atoms. The Labute approximate surface area is 220 Å². The van der Waals surface area contributed by atoms with Crippen LogP contribution in [0.2, 0.25) is 0 Å². The van der Waals surface area contributed by atoms with Gasteiger partial charge >= 0.3 is 0 Å². The fourth-order valence-electron chi connectivity index (χ4n) is 4.02. The van der Waals surface area contributed by atoms with Crippen LogP contribution >= 0.6 is 15.9 Å². The number of anilines is 1. The molecule has 0 unspecified atom stereocenters. The highest BCUT2D eigenvalue weighted by molar-refractivity contribution is 9.10. The molecule has 3 aromatic carbocycles. The Kier molecular flexibility index (Phi) is 8.11. The molecule has 1 aliphatic rings. The fraction of sp³-hybridized carbons (Fsp3) is 0.259. The molecule has 1 heterocycles. The summed E-state index contributed by atoms with van der Waals surface area (Å²) in [5.41, 5.74) is 3.25. The SMILES string of the molecule is Cc1ccc(S(=O)(=O)N(CC(=O)NCc2ccc(CN3CCCC3=O)cc2)c2cccc(Br)c2)cc1. The number of benzene rings is 3. The first-order valence-electron chi connectivity index (χ1n) is 11.7. The molecule has 0 aromatic heterocycles. The maximum absolute atomic E-state index is 13.5. The van der Waals surface area contributed by atoms with Gasteiger partial charge in [0, 0.05) is 30.5 Å². The third-order valence-electron chi connectivity index (χ3n) is 6.05. The van der Waals surface area contributed by atoms with Gasteiger partial charge in [0.15, 0.2) is 0 Å². The number of carbonyl (C=O) groups is 2. The van der Waals surface area contributed by atoms with Crippen LogP contribution in [0.25, 0.3) is 0 Å². The van der Waals surface area contributed by atoms with Crippen molar-refractivity contribution in [1.82, 2.24) is 10.2 Å². The molecule has 1 saturated heterocycles. The maximum atomic E-state index is 13.5. The molecule has 1 N–H and O–H groups in total. The van der Waals surface area contributed by atoms with Crippen LogP contribution in [-0.2, 0) is 32.7 Å². The smallest absolute Gasteiger partial charge is 0.264 e. The van der Waals surface area contributed by atoms with Gasteiger partial charge in [-0.25, -0.2) is 8.42 Å². The second kappa shape index (κ2) is 11.3. The van der Waals surface area contributed by atoms with E-state index in [4.69, 9.17) is 0 Å². The fourth-order valence-corrected chi connectivity index (χ4v) is 5.82. The number of sulfonamides is 1. The summed E-state index contributed by atoms with van der Waals surface area (Å²) in [5.74, 6) is -0.237. The monoisotopic (exact) mass is 569 g/mol. The molecule has 36 heavy (non-hydrogen) atoms. The maximum Gasteiger partial charge on any atom is 0.264 e. The van der Waals surface area contributed by atoms with Crippen molar-refractivity contribution in [3.63, 3.8) is 0 Å². The molecule has 188 valence electrons. The van der Waals surface area contributed by atoms with Gasteiger partial charge in [0.2, 0.25) is 11.8 Å². The molecule has 7 nitrogen and oxygen atoms in total. The van der Waals surface area contributed by atoms with Crippen LogP contribution in [0, 0.1) is 6.92 Å². The first-order chi connectivity index (χ1) is 17.2. The minimum absolute atomic E-state index is 0.118. The van der Waals surface area contributed by atoms with Crippen LogP contribution in [0.1, 0.15) is 29.5 Å². The third kappa shape index (κ3) is 6.33. The van der Waals surface area contributed by atoms with Crippen LogP contribution in [0.4, 0.5) is 5.69 Å². The van der Waals surface area contributed by atoms with Gasteiger partial charge in [-0.2, -0.15) is 0 Å². The van der Waals surface area contributed by atoms with Gasteiger partial charge in [0.25, 0.3) is 10.0 Å². The minimum Gasteiger partial charge on any atom is -0.350 e. The van der Waals surface area contributed by atoms with Gasteiger partial charge in [-0.3, -0.25) is 13.9 Å². The van der Waals surface area contributed by atoms with Crippen molar-refractivity contribution in [2.24, 2.45) is 0 Å². The lowest BCUT2D eigenvalue weighted by Gasteiger charge is -2.24. The summed E-state index contributed by atoms with van der Waals surface area (Å²) in [6.07, 6.45) is 1.51. The van der Waals surface area contributed by atoms with E-state index in [-0.39, 0.29) is 23.9 Å². The van der Waals surface area contributed by atoms with Gasteiger partial charge in [-0.15, -0.1) is 0 Å². The van der Waals surface area contributed by atoms with E-state index in [1.54, 1.807) is 48.5 Å². The number of aryl methyl sites for hydroxylation is 1. The number of hydrogen-bond acceptors (Lipinski definition) is 4. The highest BCUT2D eigenvalue weighted by Crippen LogP contribution is 2.26. The average Bonchev–Trinajstić information content (AvgIpc) is 3.26. The van der Waals surface area contributed by atoms with E-state index in [1.165, 1.54) is 0 Å². The van der Waals surface area contributed by atoms with Crippen molar-refractivity contribution in [2.75, 3.05) is 17.4 Å². The number of hydrogen-bond donors (Lipinski definition) is 1. The second-order valence-electron chi connectivity index (χ2n) is 8.82. The zero-order valence-corrected chi connectivity index (χ0v) is 22.4. The van der Waals surface area contributed by atoms with E-state index in [0.29, 0.717) is 23.1 Å². The van der Waals surface area contributed by atoms with Gasteiger partial charge in [-0.1, -0.05) is 64.0 Å². The number of rotatable bonds is 9. The van der Waals surface area contributed by atoms with Gasteiger partial charge < -0.3 is 10.2 Å². The lowest BCUT2D eigenvalue weighted by atomic mass is 10.1. The largest absolute Gasteiger partial charge is 0.350 e. The average molecular weight is 571 g/mol. The minimum atomic E-state index is -3.97. The van der Waals surface area contributed by atoms with Gasteiger partial charge in [0.1, 0.15) is 6.54 Å². The summed E-state index contributed by atoms with van der Waals surface area (Å²) in [6, 6.07) is 21.1. The quantitative estimate of drug-likeness (QED) is 0.414. The summed E-state index contributed by atoms with van der Waals surface area (Å²) >= 11 is 3.38. The topological polar surface area (TPSA) is 86.8 Å². The van der Waals surface area contributed by atoms with E-state index in [1.807, 2.05) is 36.1 Å². The number of halogens is 1. The molecule has 0 atom stereocenters. The molecule has 1 fully saturated rings. The van der Waals surface area contributed by atoms with Crippen LogP contribution in [0.3, 0.4) is 0 Å². The van der Waals surface area contributed by atoms with Crippen LogP contribution in [0.15, 0.2) is 82.2 Å². The third-order valence-corrected chi connectivity index (χ3v) is 8.33. The summed E-state index contributed by atoms with van der Waals surface area (Å²) in [6.45, 7) is 3.16. The van der Waals surface area contributed by atoms with Crippen molar-refractivity contribution in [3.8, 4) is 0 Å². The second-order valence-corrected chi connectivity index (χ2v) is 11.6. The number of amides is 2. The molecule has 3 aromatic rings. The van der Waals surface area contributed by atoms with Crippen molar-refractivity contribution >= 4 is 43.5 Å². The first kappa shape index (κ1) is 25.9. The van der Waals surface area contributed by atoms with Crippen LogP contribution in [0.5, 0.6) is 0 Å². The Morgan fingerprint density at radius 2 is 1.72 bits per heavy atom. The molecule has 0 radical (unpaired) electrons. The van der Waals surface area contributed by atoms with E-state index in [9.17, 15) is 18.0 Å². The molecular formula is C27H28BrN3O4S. The summed E-state index contributed by atoms with van der Waals surface area (Å²) in [5, 5.41) is 2.82. The van der Waals surface area contributed by atoms with E-state index in [0.717, 1.165) is 34.0 Å². The van der Waals surface area contributed by atoms with Gasteiger partial charge in [-0.05, 0) is 54.8 Å². The lowest BCUT2D eigenvalue weighted by molar-refractivity contribution is -0.128. The van der Waals surface area contributed by atoms with E-state index >= 15 is 0 Å². The van der Waals surface area contributed by atoms with E-state index in [2.05, 4.69) is 21.2 Å². The normalized spacial score (nSPS) is 13.6. The van der Waals surface area contributed by atoms with Crippen molar-refractivity contribution in [1.29, 1.82) is 0 Å². The molecule has 0 bridgehead atoms. The van der Waals surface area contributed by atoms with Crippen molar-refractivity contribution in [2.45, 2.75) is 37.8 Å². The first-order valence-corrected chi connectivity index (χ1v) is 13.9. The van der Waals surface area contributed by atoms with E-state index < -0.39 is 15.9 Å². The molecule has 0 saturated carbocycles. The summed E-state index contributed by atoms with van der Waals surface area (Å²) in [4.78, 5) is 26.7. The highest BCUT2D eigenvalue weighted by Gasteiger charge is 2.27. The summed E-state index contributed by atoms with van der Waals surface area (Å²) in [7, 11) is -3.97. The molecule has 0 aliphatic carbocycles. The Bertz CT molecular complexity index is 1340. The highest BCUT2D eigenvalue weighted by atomic mass is 79.9. The number of carbonyl (C=O) groups excluding carboxylic acids is 2. The standard InChI is InChI=1S/C27H28BrN3O4S/c1-20-7-13-25(14-8-20)36(34,35)31(24-5-2-4-23(28)16-24)19-26(32)29-17-21-9-11-22(12-10-21)18-30-15-3-6-27(30)33/h2,4-5,7-14,16H,3,6,15,17-19H2,1H3,(H,29,32). The molecule has 9 heteroatoms. The van der Waals surface area contributed by atoms with Crippen molar-refractivity contribution in [3.05, 3.63) is 94.0 Å². The lowest BCUT2D eigenvalue weighted by Crippen LogP contribution is -2.40. The van der Waals surface area contributed by atoms with Crippen LogP contribution in [-0.4, -0.2) is 38.2 Å². The van der Waals surface area contributed by atoms with Crippen LogP contribution < -0.4 is 9.62 Å². The predicted molar refractivity (Wildman–Crippen MR) is 143 cm³/mol. The molecular weight excluding hydrogens is 542 g/mol. The number of nitrogens with zero attached hydrogens (tertiary/aromatic N) is 2.